The fraction of sp³-hybridized carbons (Fsp3) is 0.240. The quantitative estimate of drug-likeness (QED) is 0.431. The molecule has 7 nitrogen and oxygen atoms in total. The van der Waals surface area contributed by atoms with Crippen molar-refractivity contribution < 1.29 is 13.9 Å². The van der Waals surface area contributed by atoms with E-state index < -0.39 is 5.63 Å². The molecule has 0 atom stereocenters. The van der Waals surface area contributed by atoms with Gasteiger partial charge in [0.25, 0.3) is 0 Å². The molecule has 0 saturated heterocycles. The average molecular weight is 431 g/mol. The van der Waals surface area contributed by atoms with Crippen molar-refractivity contribution in [2.24, 2.45) is 0 Å². The molecule has 1 N–H and O–H groups in total. The van der Waals surface area contributed by atoms with E-state index in [1.807, 2.05) is 54.1 Å². The summed E-state index contributed by atoms with van der Waals surface area (Å²) in [5, 5.41) is 3.77. The third-order valence-electron chi connectivity index (χ3n) is 5.53. The maximum Gasteiger partial charge on any atom is 0.339 e. The van der Waals surface area contributed by atoms with Gasteiger partial charge in [-0.15, -0.1) is 0 Å². The van der Waals surface area contributed by atoms with Crippen LogP contribution in [0.15, 0.2) is 70.4 Å². The molecule has 0 radical (unpaired) electrons. The van der Waals surface area contributed by atoms with Crippen molar-refractivity contribution in [2.45, 2.75) is 32.9 Å². The summed E-state index contributed by atoms with van der Waals surface area (Å²) in [4.78, 5) is 28.9. The third-order valence-corrected chi connectivity index (χ3v) is 5.53. The van der Waals surface area contributed by atoms with E-state index in [0.717, 1.165) is 28.6 Å². The minimum absolute atomic E-state index is 0.110. The van der Waals surface area contributed by atoms with Crippen LogP contribution in [0.2, 0.25) is 0 Å². The summed E-state index contributed by atoms with van der Waals surface area (Å²) in [6, 6.07) is 13.5. The first kappa shape index (κ1) is 21.4. The van der Waals surface area contributed by atoms with Crippen LogP contribution in [0.5, 0.6) is 5.75 Å². The van der Waals surface area contributed by atoms with E-state index in [2.05, 4.69) is 10.3 Å². The lowest BCUT2D eigenvalue weighted by Crippen LogP contribution is -2.24. The molecule has 1 amide bonds. The Morgan fingerprint density at radius 3 is 2.66 bits per heavy atom. The van der Waals surface area contributed by atoms with Gasteiger partial charge in [0.15, 0.2) is 0 Å². The largest absolute Gasteiger partial charge is 0.497 e. The van der Waals surface area contributed by atoms with Crippen molar-refractivity contribution >= 4 is 16.9 Å². The van der Waals surface area contributed by atoms with Gasteiger partial charge in [-0.25, -0.2) is 9.78 Å². The summed E-state index contributed by atoms with van der Waals surface area (Å²) < 4.78 is 12.6. The normalized spacial score (nSPS) is 10.9. The third kappa shape index (κ3) is 4.88. The van der Waals surface area contributed by atoms with Gasteiger partial charge in [0.05, 0.1) is 13.4 Å². The predicted molar refractivity (Wildman–Crippen MR) is 122 cm³/mol. The molecule has 0 bridgehead atoms. The number of benzene rings is 2. The topological polar surface area (TPSA) is 86.4 Å². The van der Waals surface area contributed by atoms with E-state index >= 15 is 0 Å². The molecule has 0 aliphatic heterocycles. The summed E-state index contributed by atoms with van der Waals surface area (Å²) in [7, 11) is 1.56. The SMILES string of the molecule is COc1ccc2c(C)c(CCC(=O)NCc3ccc(Cn4ccnc4)cc3)c(=O)oc2c1. The maximum absolute atomic E-state index is 12.4. The van der Waals surface area contributed by atoms with Crippen molar-refractivity contribution in [3.63, 3.8) is 0 Å². The van der Waals surface area contributed by atoms with E-state index in [1.165, 1.54) is 0 Å². The Bertz CT molecular complexity index is 1280. The fourth-order valence-electron chi connectivity index (χ4n) is 3.67. The summed E-state index contributed by atoms with van der Waals surface area (Å²) in [5.41, 5.74) is 3.61. The van der Waals surface area contributed by atoms with Crippen LogP contribution in [0.3, 0.4) is 0 Å². The zero-order valence-corrected chi connectivity index (χ0v) is 18.1. The number of rotatable bonds is 8. The number of ether oxygens (including phenoxy) is 1. The molecule has 4 rings (SSSR count). The molecular weight excluding hydrogens is 406 g/mol. The monoisotopic (exact) mass is 431 g/mol. The van der Waals surface area contributed by atoms with Gasteiger partial charge in [-0.05, 0) is 42.2 Å². The van der Waals surface area contributed by atoms with Crippen molar-refractivity contribution in [1.29, 1.82) is 0 Å². The van der Waals surface area contributed by atoms with E-state index in [-0.39, 0.29) is 12.3 Å². The van der Waals surface area contributed by atoms with Gasteiger partial charge in [0, 0.05) is 48.9 Å². The number of nitrogens with one attached hydrogen (secondary N) is 1. The standard InChI is InChI=1S/C25H25N3O4/c1-17-21-8-7-20(31-2)13-23(21)32-25(30)22(17)9-10-24(29)27-14-18-3-5-19(6-4-18)15-28-12-11-26-16-28/h3-8,11-13,16H,9-10,14-15H2,1-2H3,(H,27,29). The summed E-state index contributed by atoms with van der Waals surface area (Å²) in [5.74, 6) is 0.517. The Labute approximate surface area is 185 Å². The molecule has 2 heterocycles. The molecule has 4 aromatic rings. The number of methoxy groups -OCH3 is 1. The van der Waals surface area contributed by atoms with Crippen LogP contribution in [-0.2, 0) is 24.3 Å². The van der Waals surface area contributed by atoms with Crippen molar-refractivity contribution in [3.8, 4) is 5.75 Å². The Hall–Kier alpha value is -3.87. The molecular formula is C25H25N3O4. The van der Waals surface area contributed by atoms with Crippen LogP contribution in [0, 0.1) is 6.92 Å². The Morgan fingerprint density at radius 1 is 1.16 bits per heavy atom. The molecule has 0 fully saturated rings. The Balaban J connectivity index is 1.34. The Morgan fingerprint density at radius 2 is 1.94 bits per heavy atom. The van der Waals surface area contributed by atoms with Crippen LogP contribution in [0.4, 0.5) is 0 Å². The number of fused-ring (bicyclic) bond motifs is 1. The van der Waals surface area contributed by atoms with Crippen molar-refractivity contribution in [2.75, 3.05) is 7.11 Å². The number of hydrogen-bond acceptors (Lipinski definition) is 5. The number of aromatic nitrogens is 2. The molecule has 2 aromatic carbocycles. The average Bonchev–Trinajstić information content (AvgIpc) is 3.31. The minimum Gasteiger partial charge on any atom is -0.497 e. The maximum atomic E-state index is 12.4. The lowest BCUT2D eigenvalue weighted by molar-refractivity contribution is -0.121. The number of carbonyl (C=O) groups excluding carboxylic acids is 1. The first-order valence-electron chi connectivity index (χ1n) is 10.4. The van der Waals surface area contributed by atoms with Gasteiger partial charge >= 0.3 is 5.63 Å². The number of amides is 1. The summed E-state index contributed by atoms with van der Waals surface area (Å²) in [6.45, 7) is 3.08. The molecule has 32 heavy (non-hydrogen) atoms. The van der Waals surface area contributed by atoms with Crippen LogP contribution < -0.4 is 15.7 Å². The first-order chi connectivity index (χ1) is 15.5. The molecule has 0 spiro atoms. The molecule has 7 heteroatoms. The smallest absolute Gasteiger partial charge is 0.339 e. The fourth-order valence-corrected chi connectivity index (χ4v) is 3.67. The van der Waals surface area contributed by atoms with Gasteiger partial charge in [0.2, 0.25) is 5.91 Å². The summed E-state index contributed by atoms with van der Waals surface area (Å²) in [6.07, 6.45) is 5.99. The van der Waals surface area contributed by atoms with Gasteiger partial charge < -0.3 is 19.0 Å². The number of nitrogens with zero attached hydrogens (tertiary/aromatic N) is 2. The molecule has 0 unspecified atom stereocenters. The highest BCUT2D eigenvalue weighted by Crippen LogP contribution is 2.24. The van der Waals surface area contributed by atoms with Gasteiger partial charge in [-0.2, -0.15) is 0 Å². The lowest BCUT2D eigenvalue weighted by Gasteiger charge is -2.10. The van der Waals surface area contributed by atoms with E-state index in [0.29, 0.717) is 29.9 Å². The van der Waals surface area contributed by atoms with Crippen molar-refractivity contribution in [3.05, 3.63) is 93.9 Å². The van der Waals surface area contributed by atoms with Crippen LogP contribution in [0.1, 0.15) is 28.7 Å². The van der Waals surface area contributed by atoms with Crippen LogP contribution in [0.25, 0.3) is 11.0 Å². The second-order valence-corrected chi connectivity index (χ2v) is 7.68. The van der Waals surface area contributed by atoms with E-state index in [4.69, 9.17) is 9.15 Å². The predicted octanol–water partition coefficient (Wildman–Crippen LogP) is 3.60. The molecule has 2 aromatic heterocycles. The molecule has 0 aliphatic carbocycles. The van der Waals surface area contributed by atoms with Crippen LogP contribution >= 0.6 is 0 Å². The second kappa shape index (κ2) is 9.51. The first-order valence-corrected chi connectivity index (χ1v) is 10.4. The highest BCUT2D eigenvalue weighted by molar-refractivity contribution is 5.82. The molecule has 164 valence electrons. The van der Waals surface area contributed by atoms with E-state index in [9.17, 15) is 9.59 Å². The Kier molecular flexibility index (Phi) is 6.35. The highest BCUT2D eigenvalue weighted by Gasteiger charge is 2.13. The van der Waals surface area contributed by atoms with E-state index in [1.54, 1.807) is 25.7 Å². The summed E-state index contributed by atoms with van der Waals surface area (Å²) >= 11 is 0. The number of carbonyl (C=O) groups is 1. The van der Waals surface area contributed by atoms with Crippen LogP contribution in [-0.4, -0.2) is 22.6 Å². The highest BCUT2D eigenvalue weighted by atomic mass is 16.5. The zero-order chi connectivity index (χ0) is 22.5. The molecule has 0 saturated carbocycles. The lowest BCUT2D eigenvalue weighted by atomic mass is 10.0. The van der Waals surface area contributed by atoms with Gasteiger partial charge in [-0.1, -0.05) is 24.3 Å². The number of imidazole rings is 1. The van der Waals surface area contributed by atoms with Gasteiger partial charge in [0.1, 0.15) is 11.3 Å². The van der Waals surface area contributed by atoms with Crippen molar-refractivity contribution in [1.82, 2.24) is 14.9 Å². The number of hydrogen-bond donors (Lipinski definition) is 1. The zero-order valence-electron chi connectivity index (χ0n) is 18.1. The number of aryl methyl sites for hydroxylation is 1. The van der Waals surface area contributed by atoms with Gasteiger partial charge in [-0.3, -0.25) is 4.79 Å². The molecule has 0 aliphatic rings. The second-order valence-electron chi connectivity index (χ2n) is 7.68. The minimum atomic E-state index is -0.412.